The molecule has 0 spiro atoms. The van der Waals surface area contributed by atoms with E-state index in [-0.39, 0.29) is 59.2 Å². The van der Waals surface area contributed by atoms with E-state index in [9.17, 15) is 18.5 Å². The molecule has 0 unspecified atom stereocenters. The highest BCUT2D eigenvalue weighted by Crippen LogP contribution is 2.41. The van der Waals surface area contributed by atoms with Crippen molar-refractivity contribution in [3.8, 4) is 6.07 Å². The minimum atomic E-state index is -3.54. The van der Waals surface area contributed by atoms with Gasteiger partial charge in [-0.15, -0.1) is 0 Å². The second-order valence-corrected chi connectivity index (χ2v) is 15.5. The van der Waals surface area contributed by atoms with Crippen LogP contribution >= 0.6 is 0 Å². The van der Waals surface area contributed by atoms with Crippen molar-refractivity contribution in [2.24, 2.45) is 5.92 Å². The van der Waals surface area contributed by atoms with Gasteiger partial charge in [-0.25, -0.2) is 31.6 Å². The van der Waals surface area contributed by atoms with Gasteiger partial charge in [0.15, 0.2) is 0 Å². The molecule has 252 valence electrons. The lowest BCUT2D eigenvalue weighted by Gasteiger charge is -2.34. The molecule has 1 aromatic carbocycles. The number of nitrogens with zero attached hydrogens (tertiary/aromatic N) is 5. The zero-order valence-electron chi connectivity index (χ0n) is 29.2. The third kappa shape index (κ3) is 6.77. The van der Waals surface area contributed by atoms with Crippen LogP contribution in [0.3, 0.4) is 0 Å². The number of nitrogens with one attached hydrogen (secondary N) is 1. The van der Waals surface area contributed by atoms with E-state index in [1.807, 2.05) is 0 Å². The van der Waals surface area contributed by atoms with Crippen LogP contribution in [0.5, 0.6) is 0 Å². The molecule has 4 aliphatic heterocycles. The Kier molecular flexibility index (Phi) is 8.31. The maximum absolute atomic E-state index is 16.2. The Balaban J connectivity index is 1.51. The van der Waals surface area contributed by atoms with Crippen LogP contribution in [0, 0.1) is 23.1 Å². The summed E-state index contributed by atoms with van der Waals surface area (Å²) in [5, 5.41) is 13.4. The Morgan fingerprint density at radius 3 is 2.47 bits per heavy atom. The Morgan fingerprint density at radius 2 is 1.77 bits per heavy atom. The SMILES string of the molecule is [2H]C([2H])([2H])[C@H]1Nc2ncnc3c2cc(C2(C#N)CCS(=O)(=O)CC2)c(=O)n3CCCCCCN2CCC(CC2)CC(F)(F)c2cccc1c2F. The van der Waals surface area contributed by atoms with Gasteiger partial charge in [0.2, 0.25) is 0 Å². The average Bonchev–Trinajstić information content (AvgIpc) is 3.06. The summed E-state index contributed by atoms with van der Waals surface area (Å²) in [6.45, 7) is -0.601. The summed E-state index contributed by atoms with van der Waals surface area (Å²) in [4.78, 5) is 25.1. The molecule has 0 saturated carbocycles. The predicted molar refractivity (Wildman–Crippen MR) is 174 cm³/mol. The van der Waals surface area contributed by atoms with Gasteiger partial charge in [0, 0.05) is 28.2 Å². The number of hydrogen-bond acceptors (Lipinski definition) is 8. The van der Waals surface area contributed by atoms with Gasteiger partial charge in [0.1, 0.15) is 33.4 Å². The first-order valence-electron chi connectivity index (χ1n) is 17.8. The van der Waals surface area contributed by atoms with E-state index in [0.717, 1.165) is 44.3 Å². The van der Waals surface area contributed by atoms with Crippen molar-refractivity contribution in [2.75, 3.05) is 36.5 Å². The smallest absolute Gasteiger partial charge is 0.276 e. The second-order valence-electron chi connectivity index (χ2n) is 13.2. The molecule has 6 heterocycles. The number of anilines is 1. The van der Waals surface area contributed by atoms with Crippen LogP contribution in [0.2, 0.25) is 0 Å². The fourth-order valence-electron chi connectivity index (χ4n) is 7.29. The number of piperidine rings is 1. The predicted octanol–water partition coefficient (Wildman–Crippen LogP) is 5.84. The topological polar surface area (TPSA) is 121 Å². The van der Waals surface area contributed by atoms with E-state index in [1.54, 1.807) is 0 Å². The Labute approximate surface area is 277 Å². The summed E-state index contributed by atoms with van der Waals surface area (Å²) in [5.41, 5.74) is -3.12. The van der Waals surface area contributed by atoms with Crippen LogP contribution < -0.4 is 10.9 Å². The molecule has 9 nitrogen and oxygen atoms in total. The van der Waals surface area contributed by atoms with Crippen LogP contribution in [0.4, 0.5) is 19.0 Å². The van der Waals surface area contributed by atoms with Gasteiger partial charge in [-0.2, -0.15) is 5.26 Å². The molecule has 0 aliphatic carbocycles. The molecule has 47 heavy (non-hydrogen) atoms. The van der Waals surface area contributed by atoms with E-state index in [4.69, 9.17) is 4.11 Å². The van der Waals surface area contributed by atoms with Gasteiger partial charge >= 0.3 is 0 Å². The van der Waals surface area contributed by atoms with Gasteiger partial charge in [0.25, 0.3) is 11.5 Å². The highest BCUT2D eigenvalue weighted by molar-refractivity contribution is 7.91. The van der Waals surface area contributed by atoms with Crippen molar-refractivity contribution < 1.29 is 25.7 Å². The monoisotopic (exact) mass is 673 g/mol. The number of fused-ring (bicyclic) bond motifs is 9. The molecular formula is C34H41F3N6O3S. The number of rotatable bonds is 1. The van der Waals surface area contributed by atoms with E-state index in [0.29, 0.717) is 32.4 Å². The minimum absolute atomic E-state index is 0.0421. The van der Waals surface area contributed by atoms with Crippen molar-refractivity contribution in [1.29, 1.82) is 5.26 Å². The first-order chi connectivity index (χ1) is 23.6. The minimum Gasteiger partial charge on any atom is -0.363 e. The van der Waals surface area contributed by atoms with E-state index in [2.05, 4.69) is 26.3 Å². The molecule has 7 rings (SSSR count). The summed E-state index contributed by atoms with van der Waals surface area (Å²) in [6.07, 6.45) is 4.58. The van der Waals surface area contributed by atoms with Gasteiger partial charge in [-0.05, 0) is 77.0 Å². The number of sulfone groups is 1. The lowest BCUT2D eigenvalue weighted by atomic mass is 9.77. The molecule has 4 aliphatic rings. The van der Waals surface area contributed by atoms with Gasteiger partial charge in [-0.3, -0.25) is 9.36 Å². The summed E-state index contributed by atoms with van der Waals surface area (Å²) in [5.74, 6) is -5.85. The van der Waals surface area contributed by atoms with Crippen LogP contribution in [-0.2, 0) is 27.7 Å². The summed E-state index contributed by atoms with van der Waals surface area (Å²) in [6, 6.07) is 5.15. The van der Waals surface area contributed by atoms with Crippen molar-refractivity contribution in [1.82, 2.24) is 19.4 Å². The van der Waals surface area contributed by atoms with E-state index in [1.165, 1.54) is 16.7 Å². The van der Waals surface area contributed by atoms with Crippen LogP contribution in [0.1, 0.15) is 91.5 Å². The molecular weight excluding hydrogens is 629 g/mol. The highest BCUT2D eigenvalue weighted by Gasteiger charge is 2.42. The number of pyridine rings is 1. The van der Waals surface area contributed by atoms with Crippen molar-refractivity contribution in [3.63, 3.8) is 0 Å². The third-order valence-electron chi connectivity index (χ3n) is 10.2. The molecule has 1 atom stereocenters. The number of hydrogen-bond donors (Lipinski definition) is 1. The quantitative estimate of drug-likeness (QED) is 0.342. The fourth-order valence-corrected chi connectivity index (χ4v) is 8.81. The van der Waals surface area contributed by atoms with Gasteiger partial charge < -0.3 is 10.2 Å². The Hall–Kier alpha value is -3.50. The zero-order chi connectivity index (χ0) is 35.9. The van der Waals surface area contributed by atoms with Crippen molar-refractivity contribution >= 4 is 26.7 Å². The van der Waals surface area contributed by atoms with Crippen LogP contribution in [0.25, 0.3) is 11.0 Å². The largest absolute Gasteiger partial charge is 0.363 e. The van der Waals surface area contributed by atoms with Gasteiger partial charge in [-0.1, -0.05) is 31.0 Å². The molecule has 0 radical (unpaired) electrons. The Morgan fingerprint density at radius 1 is 1.04 bits per heavy atom. The highest BCUT2D eigenvalue weighted by atomic mass is 32.2. The lowest BCUT2D eigenvalue weighted by molar-refractivity contribution is -0.0401. The standard InChI is InChI=1S/C34H41F3N6O3S/c1-23-25-7-6-8-27(29(25)35)34(36,37)20-24-9-15-42(16-10-24)13-4-2-3-5-14-43-31-26(30(41-23)39-22-40-31)19-28(32(43)44)33(21-38)11-17-47(45,46)18-12-33/h6-8,19,22-24H,2-5,9-18,20H2,1H3,(H,39,40,41)/t23-/m1/s1/i1D3. The normalized spacial score (nSPS) is 27.4. The molecule has 2 aromatic heterocycles. The third-order valence-corrected chi connectivity index (χ3v) is 11.8. The number of nitriles is 1. The number of alkyl halides is 2. The molecule has 2 fully saturated rings. The summed E-state index contributed by atoms with van der Waals surface area (Å²) < 4.78 is 99.0. The molecule has 1 N–H and O–H groups in total. The maximum atomic E-state index is 16.2. The maximum Gasteiger partial charge on any atom is 0.276 e. The average molecular weight is 674 g/mol. The first kappa shape index (κ1) is 29.6. The molecule has 2 saturated heterocycles. The second kappa shape index (κ2) is 13.2. The number of aryl methyl sites for hydroxylation is 1. The molecule has 0 amide bonds. The zero-order valence-corrected chi connectivity index (χ0v) is 27.0. The van der Waals surface area contributed by atoms with E-state index < -0.39 is 63.0 Å². The lowest BCUT2D eigenvalue weighted by Crippen LogP contribution is -2.41. The number of halogens is 3. The summed E-state index contributed by atoms with van der Waals surface area (Å²) >= 11 is 0. The van der Waals surface area contributed by atoms with Crippen molar-refractivity contribution in [3.05, 3.63) is 63.5 Å². The fraction of sp³-hybridized carbons (Fsp3) is 0.588. The molecule has 8 bridgehead atoms. The molecule has 3 aromatic rings. The Bertz CT molecular complexity index is 1950. The van der Waals surface area contributed by atoms with E-state index >= 15 is 13.2 Å². The number of benzene rings is 1. The van der Waals surface area contributed by atoms with Gasteiger partial charge in [0.05, 0.1) is 40.0 Å². The first-order valence-corrected chi connectivity index (χ1v) is 18.1. The van der Waals surface area contributed by atoms with Crippen LogP contribution in [-0.4, -0.2) is 59.0 Å². The molecule has 13 heteroatoms. The van der Waals surface area contributed by atoms with Crippen molar-refractivity contribution in [2.45, 2.75) is 88.6 Å². The number of aromatic nitrogens is 3. The summed E-state index contributed by atoms with van der Waals surface area (Å²) in [7, 11) is -3.41. The van der Waals surface area contributed by atoms with Crippen LogP contribution in [0.15, 0.2) is 35.4 Å².